The molecule has 2 rings (SSSR count). The molecule has 0 spiro atoms. The molecule has 0 bridgehead atoms. The average Bonchev–Trinajstić information content (AvgIpc) is 2.72. The van der Waals surface area contributed by atoms with Crippen LogP contribution in [-0.4, -0.2) is 19.1 Å². The lowest BCUT2D eigenvalue weighted by Crippen LogP contribution is -2.29. The minimum Gasteiger partial charge on any atom is -0.371 e. The third-order valence-corrected chi connectivity index (χ3v) is 3.22. The Labute approximate surface area is 102 Å². The molecule has 0 fully saturated rings. The Morgan fingerprint density at radius 2 is 2.24 bits per heavy atom. The molecular weight excluding hydrogens is 215 g/mol. The van der Waals surface area contributed by atoms with Crippen molar-refractivity contribution in [2.24, 2.45) is 11.7 Å². The fourth-order valence-electron chi connectivity index (χ4n) is 2.31. The highest BCUT2D eigenvalue weighted by atomic mass is 19.1. The van der Waals surface area contributed by atoms with Gasteiger partial charge in [0.2, 0.25) is 0 Å². The lowest BCUT2D eigenvalue weighted by atomic mass is 10.1. The van der Waals surface area contributed by atoms with Crippen LogP contribution in [-0.2, 0) is 0 Å². The van der Waals surface area contributed by atoms with Crippen LogP contribution >= 0.6 is 0 Å². The number of hydrogen-bond acceptors (Lipinski definition) is 2. The van der Waals surface area contributed by atoms with Gasteiger partial charge in [0.05, 0.1) is 0 Å². The molecule has 1 aliphatic carbocycles. The van der Waals surface area contributed by atoms with Gasteiger partial charge in [0.15, 0.2) is 0 Å². The zero-order valence-corrected chi connectivity index (χ0v) is 10.1. The second-order valence-corrected chi connectivity index (χ2v) is 4.56. The van der Waals surface area contributed by atoms with Gasteiger partial charge in [-0.15, -0.1) is 0 Å². The molecule has 0 saturated carbocycles. The number of nitrogens with zero attached hydrogens (tertiary/aromatic N) is 1. The summed E-state index contributed by atoms with van der Waals surface area (Å²) in [4.78, 5) is 2.19. The molecule has 0 amide bonds. The van der Waals surface area contributed by atoms with E-state index in [0.717, 1.165) is 25.2 Å². The Bertz CT molecular complexity index is 403. The van der Waals surface area contributed by atoms with E-state index < -0.39 is 0 Å². The summed E-state index contributed by atoms with van der Waals surface area (Å²) in [6, 6.07) is 6.95. The second-order valence-electron chi connectivity index (χ2n) is 4.56. The van der Waals surface area contributed by atoms with E-state index in [9.17, 15) is 4.39 Å². The Morgan fingerprint density at radius 1 is 1.41 bits per heavy atom. The molecular formula is C14H19FN2. The van der Waals surface area contributed by atoms with Crippen LogP contribution in [0.15, 0.2) is 36.4 Å². The summed E-state index contributed by atoms with van der Waals surface area (Å²) in [5, 5.41) is 0. The highest BCUT2D eigenvalue weighted by Gasteiger charge is 2.18. The maximum atomic E-state index is 13.2. The van der Waals surface area contributed by atoms with Gasteiger partial charge in [-0.2, -0.15) is 0 Å². The van der Waals surface area contributed by atoms with Crippen molar-refractivity contribution in [1.29, 1.82) is 0 Å². The van der Waals surface area contributed by atoms with Crippen LogP contribution in [0.2, 0.25) is 0 Å². The van der Waals surface area contributed by atoms with Crippen LogP contribution in [0.25, 0.3) is 0 Å². The number of nitrogens with two attached hydrogens (primary N) is 1. The quantitative estimate of drug-likeness (QED) is 0.811. The number of rotatable bonds is 4. The summed E-state index contributed by atoms with van der Waals surface area (Å²) >= 11 is 0. The van der Waals surface area contributed by atoms with Gasteiger partial charge in [-0.1, -0.05) is 18.2 Å². The first-order valence-corrected chi connectivity index (χ1v) is 6.13. The molecule has 0 heterocycles. The van der Waals surface area contributed by atoms with Crippen molar-refractivity contribution in [3.8, 4) is 0 Å². The molecule has 17 heavy (non-hydrogen) atoms. The third kappa shape index (κ3) is 3.07. The SMILES string of the molecule is CCN(CC1C=CC(N)C1)c1cccc(F)c1. The largest absolute Gasteiger partial charge is 0.371 e. The molecule has 2 atom stereocenters. The van der Waals surface area contributed by atoms with Crippen molar-refractivity contribution in [2.75, 3.05) is 18.0 Å². The fraction of sp³-hybridized carbons (Fsp3) is 0.429. The normalized spacial score (nSPS) is 23.0. The van der Waals surface area contributed by atoms with Gasteiger partial charge in [0.1, 0.15) is 5.82 Å². The first kappa shape index (κ1) is 12.1. The van der Waals surface area contributed by atoms with Gasteiger partial charge in [-0.25, -0.2) is 4.39 Å². The summed E-state index contributed by atoms with van der Waals surface area (Å²) in [7, 11) is 0. The van der Waals surface area contributed by atoms with E-state index in [4.69, 9.17) is 5.73 Å². The molecule has 0 saturated heterocycles. The van der Waals surface area contributed by atoms with E-state index in [1.54, 1.807) is 12.1 Å². The smallest absolute Gasteiger partial charge is 0.125 e. The van der Waals surface area contributed by atoms with Crippen molar-refractivity contribution in [1.82, 2.24) is 0 Å². The first-order valence-electron chi connectivity index (χ1n) is 6.13. The number of benzene rings is 1. The molecule has 0 aliphatic heterocycles. The van der Waals surface area contributed by atoms with E-state index >= 15 is 0 Å². The Hall–Kier alpha value is -1.35. The zero-order chi connectivity index (χ0) is 12.3. The van der Waals surface area contributed by atoms with E-state index in [1.807, 2.05) is 6.07 Å². The highest BCUT2D eigenvalue weighted by molar-refractivity contribution is 5.46. The van der Waals surface area contributed by atoms with E-state index in [0.29, 0.717) is 5.92 Å². The van der Waals surface area contributed by atoms with Gasteiger partial charge in [-0.05, 0) is 37.5 Å². The predicted molar refractivity (Wildman–Crippen MR) is 69.5 cm³/mol. The van der Waals surface area contributed by atoms with Crippen LogP contribution < -0.4 is 10.6 Å². The average molecular weight is 234 g/mol. The fourth-order valence-corrected chi connectivity index (χ4v) is 2.31. The van der Waals surface area contributed by atoms with E-state index in [-0.39, 0.29) is 11.9 Å². The van der Waals surface area contributed by atoms with Crippen LogP contribution in [0, 0.1) is 11.7 Å². The maximum absolute atomic E-state index is 13.2. The molecule has 92 valence electrons. The van der Waals surface area contributed by atoms with Crippen molar-refractivity contribution >= 4 is 5.69 Å². The molecule has 3 heteroatoms. The van der Waals surface area contributed by atoms with Crippen LogP contribution in [0.3, 0.4) is 0 Å². The molecule has 2 N–H and O–H groups in total. The lowest BCUT2D eigenvalue weighted by molar-refractivity contribution is 0.573. The first-order chi connectivity index (χ1) is 8.19. The predicted octanol–water partition coefficient (Wildman–Crippen LogP) is 2.56. The number of halogens is 1. The van der Waals surface area contributed by atoms with Crippen molar-refractivity contribution in [3.63, 3.8) is 0 Å². The highest BCUT2D eigenvalue weighted by Crippen LogP contribution is 2.22. The minimum absolute atomic E-state index is 0.181. The zero-order valence-electron chi connectivity index (χ0n) is 10.1. The van der Waals surface area contributed by atoms with Gasteiger partial charge in [-0.3, -0.25) is 0 Å². The van der Waals surface area contributed by atoms with Gasteiger partial charge in [0, 0.05) is 24.8 Å². The van der Waals surface area contributed by atoms with Crippen molar-refractivity contribution in [3.05, 3.63) is 42.2 Å². The van der Waals surface area contributed by atoms with E-state index in [1.165, 1.54) is 6.07 Å². The molecule has 0 aromatic heterocycles. The van der Waals surface area contributed by atoms with Crippen LogP contribution in [0.5, 0.6) is 0 Å². The van der Waals surface area contributed by atoms with Crippen LogP contribution in [0.1, 0.15) is 13.3 Å². The number of anilines is 1. The summed E-state index contributed by atoms with van der Waals surface area (Å²) in [5.74, 6) is 0.299. The molecule has 2 nitrogen and oxygen atoms in total. The summed E-state index contributed by atoms with van der Waals surface area (Å²) in [5.41, 5.74) is 6.79. The van der Waals surface area contributed by atoms with E-state index in [2.05, 4.69) is 24.0 Å². The lowest BCUT2D eigenvalue weighted by Gasteiger charge is -2.26. The molecule has 1 aromatic rings. The summed E-state index contributed by atoms with van der Waals surface area (Å²) < 4.78 is 13.2. The molecule has 1 aliphatic rings. The number of hydrogen-bond donors (Lipinski definition) is 1. The van der Waals surface area contributed by atoms with Gasteiger partial charge in [0.25, 0.3) is 0 Å². The topological polar surface area (TPSA) is 29.3 Å². The van der Waals surface area contributed by atoms with Gasteiger partial charge >= 0.3 is 0 Å². The minimum atomic E-state index is -0.181. The third-order valence-electron chi connectivity index (χ3n) is 3.22. The monoisotopic (exact) mass is 234 g/mol. The summed E-state index contributed by atoms with van der Waals surface area (Å²) in [6.07, 6.45) is 5.22. The standard InChI is InChI=1S/C14H19FN2/c1-2-17(10-11-6-7-13(16)8-11)14-5-3-4-12(15)9-14/h3-7,9,11,13H,2,8,10,16H2,1H3. The Balaban J connectivity index is 2.04. The van der Waals surface area contributed by atoms with Crippen molar-refractivity contribution < 1.29 is 4.39 Å². The Morgan fingerprint density at radius 3 is 2.82 bits per heavy atom. The Kier molecular flexibility index (Phi) is 3.79. The molecule has 1 aromatic carbocycles. The van der Waals surface area contributed by atoms with Crippen molar-refractivity contribution in [2.45, 2.75) is 19.4 Å². The molecule has 2 unspecified atom stereocenters. The van der Waals surface area contributed by atoms with Gasteiger partial charge < -0.3 is 10.6 Å². The van der Waals surface area contributed by atoms with Crippen LogP contribution in [0.4, 0.5) is 10.1 Å². The summed E-state index contributed by atoms with van der Waals surface area (Å²) in [6.45, 7) is 3.87. The second kappa shape index (κ2) is 5.32. The molecule has 0 radical (unpaired) electrons. The maximum Gasteiger partial charge on any atom is 0.125 e.